The quantitative estimate of drug-likeness (QED) is 0.875. The molecule has 1 fully saturated rings. The fourth-order valence-electron chi connectivity index (χ4n) is 3.50. The lowest BCUT2D eigenvalue weighted by atomic mass is 10.0. The van der Waals surface area contributed by atoms with E-state index in [1.165, 1.54) is 11.3 Å². The number of carbonyl (C=O) groups excluding carboxylic acids is 2. The van der Waals surface area contributed by atoms with Gasteiger partial charge < -0.3 is 10.2 Å². The molecule has 1 N–H and O–H groups in total. The highest BCUT2D eigenvalue weighted by molar-refractivity contribution is 7.08. The maximum atomic E-state index is 12.6. The molecule has 0 saturated carbocycles. The molecule has 7 heteroatoms. The zero-order valence-electron chi connectivity index (χ0n) is 15.6. The smallest absolute Gasteiger partial charge is 0.252 e. The van der Waals surface area contributed by atoms with E-state index in [-0.39, 0.29) is 23.9 Å². The second-order valence-corrected chi connectivity index (χ2v) is 7.85. The molecule has 2 aromatic rings. The lowest BCUT2D eigenvalue weighted by Crippen LogP contribution is -2.46. The fraction of sp³-hybridized carbons (Fsp3) is 0.526. The van der Waals surface area contributed by atoms with Crippen LogP contribution in [0.4, 0.5) is 0 Å². The second kappa shape index (κ2) is 8.03. The fourth-order valence-corrected chi connectivity index (χ4v) is 4.13. The van der Waals surface area contributed by atoms with Crippen LogP contribution in [0.3, 0.4) is 0 Å². The summed E-state index contributed by atoms with van der Waals surface area (Å²) in [6.45, 7) is 7.40. The van der Waals surface area contributed by atoms with Gasteiger partial charge in [0, 0.05) is 42.2 Å². The molecule has 3 heterocycles. The number of nitrogens with one attached hydrogen (secondary N) is 1. The van der Waals surface area contributed by atoms with Crippen molar-refractivity contribution in [2.45, 2.75) is 52.1 Å². The molecule has 1 aliphatic heterocycles. The van der Waals surface area contributed by atoms with Crippen molar-refractivity contribution < 1.29 is 9.59 Å². The zero-order chi connectivity index (χ0) is 18.7. The molecule has 1 aliphatic rings. The van der Waals surface area contributed by atoms with Gasteiger partial charge >= 0.3 is 0 Å². The van der Waals surface area contributed by atoms with Gasteiger partial charge in [-0.15, -0.1) is 0 Å². The molecule has 0 spiro atoms. The van der Waals surface area contributed by atoms with E-state index in [2.05, 4.69) is 10.4 Å². The molecule has 1 saturated heterocycles. The lowest BCUT2D eigenvalue weighted by molar-refractivity contribution is -0.133. The first-order chi connectivity index (χ1) is 12.4. The topological polar surface area (TPSA) is 67.2 Å². The van der Waals surface area contributed by atoms with Crippen molar-refractivity contribution in [1.29, 1.82) is 0 Å². The maximum Gasteiger partial charge on any atom is 0.252 e. The predicted molar refractivity (Wildman–Crippen MR) is 102 cm³/mol. The van der Waals surface area contributed by atoms with E-state index in [0.29, 0.717) is 25.1 Å². The third kappa shape index (κ3) is 4.33. The van der Waals surface area contributed by atoms with Crippen molar-refractivity contribution in [3.63, 3.8) is 0 Å². The highest BCUT2D eigenvalue weighted by atomic mass is 32.1. The van der Waals surface area contributed by atoms with Crippen LogP contribution in [0.1, 0.15) is 54.0 Å². The van der Waals surface area contributed by atoms with Crippen LogP contribution in [0.5, 0.6) is 0 Å². The summed E-state index contributed by atoms with van der Waals surface area (Å²) in [5.41, 5.74) is 2.77. The number of nitrogens with zero attached hydrogens (tertiary/aromatic N) is 3. The van der Waals surface area contributed by atoms with Crippen LogP contribution in [-0.2, 0) is 4.79 Å². The predicted octanol–water partition coefficient (Wildman–Crippen LogP) is 2.93. The van der Waals surface area contributed by atoms with Crippen molar-refractivity contribution in [2.24, 2.45) is 0 Å². The van der Waals surface area contributed by atoms with Crippen molar-refractivity contribution >= 4 is 23.2 Å². The van der Waals surface area contributed by atoms with Gasteiger partial charge in [0.05, 0.1) is 11.7 Å². The van der Waals surface area contributed by atoms with Crippen LogP contribution >= 0.6 is 11.3 Å². The van der Waals surface area contributed by atoms with E-state index < -0.39 is 0 Å². The molecule has 2 aromatic heterocycles. The summed E-state index contributed by atoms with van der Waals surface area (Å²) in [5.74, 6) is 0.141. The van der Waals surface area contributed by atoms with Crippen molar-refractivity contribution in [3.8, 4) is 0 Å². The number of aromatic nitrogens is 2. The Bertz CT molecular complexity index is 761. The molecule has 26 heavy (non-hydrogen) atoms. The van der Waals surface area contributed by atoms with Gasteiger partial charge in [0.2, 0.25) is 5.91 Å². The molecule has 2 amide bonds. The van der Waals surface area contributed by atoms with Gasteiger partial charge in [-0.25, -0.2) is 0 Å². The minimum absolute atomic E-state index is 0.0193. The molecule has 1 atom stereocenters. The maximum absolute atomic E-state index is 12.6. The third-order valence-electron chi connectivity index (χ3n) is 4.90. The van der Waals surface area contributed by atoms with Crippen LogP contribution in [0.25, 0.3) is 0 Å². The van der Waals surface area contributed by atoms with E-state index >= 15 is 0 Å². The summed E-state index contributed by atoms with van der Waals surface area (Å²) in [4.78, 5) is 26.7. The van der Waals surface area contributed by atoms with E-state index in [0.717, 1.165) is 24.2 Å². The molecular weight excluding hydrogens is 348 g/mol. The monoisotopic (exact) mass is 374 g/mol. The Morgan fingerprint density at radius 3 is 2.65 bits per heavy atom. The Hall–Kier alpha value is -2.15. The van der Waals surface area contributed by atoms with Crippen molar-refractivity contribution in [3.05, 3.63) is 39.8 Å². The summed E-state index contributed by atoms with van der Waals surface area (Å²) < 4.78 is 1.93. The lowest BCUT2D eigenvalue weighted by Gasteiger charge is -2.33. The van der Waals surface area contributed by atoms with Crippen LogP contribution in [0, 0.1) is 13.8 Å². The van der Waals surface area contributed by atoms with Gasteiger partial charge in [-0.2, -0.15) is 16.4 Å². The third-order valence-corrected chi connectivity index (χ3v) is 5.58. The van der Waals surface area contributed by atoms with Gasteiger partial charge in [0.1, 0.15) is 0 Å². The van der Waals surface area contributed by atoms with Crippen LogP contribution in [-0.4, -0.2) is 45.6 Å². The highest BCUT2D eigenvalue weighted by Crippen LogP contribution is 2.18. The summed E-state index contributed by atoms with van der Waals surface area (Å²) in [5, 5.41) is 11.3. The molecule has 0 radical (unpaired) electrons. The average molecular weight is 375 g/mol. The zero-order valence-corrected chi connectivity index (χ0v) is 16.4. The molecule has 6 nitrogen and oxygen atoms in total. The molecule has 3 rings (SSSR count). The standard InChI is InChI=1S/C19H26N4O2S/c1-13-10-14(2)23(21-13)15(3)11-18(24)22-7-4-17(5-8-22)20-19(25)16-6-9-26-12-16/h6,9-10,12,15,17H,4-5,7-8,11H2,1-3H3,(H,20,25). The Morgan fingerprint density at radius 1 is 1.35 bits per heavy atom. The second-order valence-electron chi connectivity index (χ2n) is 7.07. The first-order valence-corrected chi connectivity index (χ1v) is 10.0. The minimum Gasteiger partial charge on any atom is -0.349 e. The number of aryl methyl sites for hydroxylation is 2. The number of amides is 2. The number of thiophene rings is 1. The number of hydrogen-bond acceptors (Lipinski definition) is 4. The largest absolute Gasteiger partial charge is 0.349 e. The van der Waals surface area contributed by atoms with E-state index in [4.69, 9.17) is 0 Å². The number of hydrogen-bond donors (Lipinski definition) is 1. The molecule has 0 bridgehead atoms. The van der Waals surface area contributed by atoms with E-state index in [1.54, 1.807) is 0 Å². The Kier molecular flexibility index (Phi) is 5.76. The summed E-state index contributed by atoms with van der Waals surface area (Å²) >= 11 is 1.52. The molecule has 0 aromatic carbocycles. The number of carbonyl (C=O) groups is 2. The van der Waals surface area contributed by atoms with Crippen molar-refractivity contribution in [1.82, 2.24) is 20.0 Å². The Morgan fingerprint density at radius 2 is 2.08 bits per heavy atom. The Labute approximate surface area is 158 Å². The number of piperidine rings is 1. The number of likely N-dealkylation sites (tertiary alicyclic amines) is 1. The van der Waals surface area contributed by atoms with Crippen LogP contribution < -0.4 is 5.32 Å². The van der Waals surface area contributed by atoms with Gasteiger partial charge in [0.25, 0.3) is 5.91 Å². The molecule has 140 valence electrons. The first kappa shape index (κ1) is 18.6. The van der Waals surface area contributed by atoms with Gasteiger partial charge in [-0.1, -0.05) is 0 Å². The summed E-state index contributed by atoms with van der Waals surface area (Å²) in [6, 6.07) is 4.05. The van der Waals surface area contributed by atoms with E-state index in [1.807, 2.05) is 53.2 Å². The van der Waals surface area contributed by atoms with Gasteiger partial charge in [-0.3, -0.25) is 14.3 Å². The molecule has 1 unspecified atom stereocenters. The van der Waals surface area contributed by atoms with Gasteiger partial charge in [-0.05, 0) is 51.1 Å². The Balaban J connectivity index is 1.47. The minimum atomic E-state index is -0.0193. The normalized spacial score (nSPS) is 16.5. The van der Waals surface area contributed by atoms with Crippen LogP contribution in [0.15, 0.2) is 22.9 Å². The van der Waals surface area contributed by atoms with Crippen molar-refractivity contribution in [2.75, 3.05) is 13.1 Å². The first-order valence-electron chi connectivity index (χ1n) is 9.07. The summed E-state index contributed by atoms with van der Waals surface area (Å²) in [6.07, 6.45) is 2.06. The highest BCUT2D eigenvalue weighted by Gasteiger charge is 2.25. The average Bonchev–Trinajstić information content (AvgIpc) is 3.25. The SMILES string of the molecule is Cc1cc(C)n(C(C)CC(=O)N2CCC(NC(=O)c3ccsc3)CC2)n1. The van der Waals surface area contributed by atoms with Gasteiger partial charge in [0.15, 0.2) is 0 Å². The molecule has 0 aliphatic carbocycles. The number of rotatable bonds is 5. The summed E-state index contributed by atoms with van der Waals surface area (Å²) in [7, 11) is 0. The molecular formula is C19H26N4O2S. The van der Waals surface area contributed by atoms with E-state index in [9.17, 15) is 9.59 Å². The van der Waals surface area contributed by atoms with Crippen LogP contribution in [0.2, 0.25) is 0 Å².